The lowest BCUT2D eigenvalue weighted by Gasteiger charge is -2.31. The number of benzene rings is 1. The predicted octanol–water partition coefficient (Wildman–Crippen LogP) is 2.52. The third-order valence-corrected chi connectivity index (χ3v) is 5.41. The molecule has 168 valence electrons. The van der Waals surface area contributed by atoms with E-state index in [0.717, 1.165) is 35.8 Å². The standard InChI is InChI=1S/C21H26F3N5O2/c1-14-5-7-16(8-6-14)29-18(21(22,23)24)17(12-27-29)20(31)26-9-3-11-28-10-2-4-15(13-28)19(25)30/h5-8,12,15H,2-4,9-11,13H2,1H3,(H2,25,30)(H,26,31). The molecule has 2 aromatic rings. The van der Waals surface area contributed by atoms with E-state index in [9.17, 15) is 22.8 Å². The van der Waals surface area contributed by atoms with Crippen molar-refractivity contribution in [2.75, 3.05) is 26.2 Å². The van der Waals surface area contributed by atoms with Crippen LogP contribution in [0.15, 0.2) is 30.5 Å². The second kappa shape index (κ2) is 9.51. The van der Waals surface area contributed by atoms with E-state index in [1.54, 1.807) is 12.1 Å². The van der Waals surface area contributed by atoms with Gasteiger partial charge in [-0.2, -0.15) is 18.3 Å². The Bertz CT molecular complexity index is 924. The molecule has 1 unspecified atom stereocenters. The first-order valence-electron chi connectivity index (χ1n) is 10.2. The van der Waals surface area contributed by atoms with E-state index >= 15 is 0 Å². The van der Waals surface area contributed by atoms with Crippen LogP contribution in [0.3, 0.4) is 0 Å². The maximum atomic E-state index is 13.7. The molecule has 1 aliphatic rings. The van der Waals surface area contributed by atoms with Crippen molar-refractivity contribution in [2.24, 2.45) is 11.7 Å². The zero-order valence-corrected chi connectivity index (χ0v) is 17.3. The molecule has 2 amide bonds. The summed E-state index contributed by atoms with van der Waals surface area (Å²) >= 11 is 0. The maximum Gasteiger partial charge on any atom is 0.434 e. The molecule has 0 radical (unpaired) electrons. The zero-order valence-electron chi connectivity index (χ0n) is 17.3. The van der Waals surface area contributed by atoms with E-state index in [2.05, 4.69) is 15.3 Å². The molecule has 1 saturated heterocycles. The first-order valence-corrected chi connectivity index (χ1v) is 10.2. The zero-order chi connectivity index (χ0) is 22.6. The topological polar surface area (TPSA) is 93.2 Å². The lowest BCUT2D eigenvalue weighted by atomic mass is 9.97. The first-order chi connectivity index (χ1) is 14.7. The number of alkyl halides is 3. The highest BCUT2D eigenvalue weighted by atomic mass is 19.4. The number of nitrogens with zero attached hydrogens (tertiary/aromatic N) is 3. The van der Waals surface area contributed by atoms with Crippen LogP contribution in [0.25, 0.3) is 5.69 Å². The number of hydrogen-bond donors (Lipinski definition) is 2. The van der Waals surface area contributed by atoms with Gasteiger partial charge in [-0.15, -0.1) is 0 Å². The molecule has 1 aromatic carbocycles. The number of piperidine rings is 1. The molecule has 10 heteroatoms. The Morgan fingerprint density at radius 2 is 1.97 bits per heavy atom. The first kappa shape index (κ1) is 22.8. The smallest absolute Gasteiger partial charge is 0.369 e. The minimum Gasteiger partial charge on any atom is -0.369 e. The van der Waals surface area contributed by atoms with Crippen molar-refractivity contribution >= 4 is 11.8 Å². The Balaban J connectivity index is 1.62. The highest BCUT2D eigenvalue weighted by Crippen LogP contribution is 2.33. The molecule has 1 aliphatic heterocycles. The van der Waals surface area contributed by atoms with Gasteiger partial charge in [-0.25, -0.2) is 4.68 Å². The molecular formula is C21H26F3N5O2. The number of nitrogens with one attached hydrogen (secondary N) is 1. The lowest BCUT2D eigenvalue weighted by molar-refractivity contribution is -0.143. The monoisotopic (exact) mass is 437 g/mol. The number of carbonyl (C=O) groups is 2. The molecule has 1 fully saturated rings. The van der Waals surface area contributed by atoms with Crippen LogP contribution < -0.4 is 11.1 Å². The van der Waals surface area contributed by atoms with Crippen LogP contribution in [0.5, 0.6) is 0 Å². The Morgan fingerprint density at radius 3 is 2.61 bits per heavy atom. The molecule has 1 aromatic heterocycles. The normalized spacial score (nSPS) is 17.5. The van der Waals surface area contributed by atoms with Crippen LogP contribution in [-0.2, 0) is 11.0 Å². The van der Waals surface area contributed by atoms with Gasteiger partial charge in [0.2, 0.25) is 5.91 Å². The average Bonchev–Trinajstić information content (AvgIpc) is 3.18. The third-order valence-electron chi connectivity index (χ3n) is 5.41. The van der Waals surface area contributed by atoms with Crippen LogP contribution in [0, 0.1) is 12.8 Å². The minimum atomic E-state index is -4.74. The summed E-state index contributed by atoms with van der Waals surface area (Å²) in [5, 5.41) is 6.36. The van der Waals surface area contributed by atoms with Gasteiger partial charge in [0.15, 0.2) is 5.69 Å². The Labute approximate surface area is 178 Å². The second-order valence-electron chi connectivity index (χ2n) is 7.80. The van der Waals surface area contributed by atoms with Crippen molar-refractivity contribution in [3.63, 3.8) is 0 Å². The molecule has 7 nitrogen and oxygen atoms in total. The van der Waals surface area contributed by atoms with Crippen LogP contribution in [-0.4, -0.2) is 52.7 Å². The van der Waals surface area contributed by atoms with E-state index in [4.69, 9.17) is 5.73 Å². The number of aryl methyl sites for hydroxylation is 1. The van der Waals surface area contributed by atoms with Crippen LogP contribution >= 0.6 is 0 Å². The molecule has 3 N–H and O–H groups in total. The summed E-state index contributed by atoms with van der Waals surface area (Å²) in [5.74, 6) is -1.31. The number of hydrogen-bond acceptors (Lipinski definition) is 4. The average molecular weight is 437 g/mol. The Kier molecular flexibility index (Phi) is 6.99. The quantitative estimate of drug-likeness (QED) is 0.651. The Morgan fingerprint density at radius 1 is 1.26 bits per heavy atom. The van der Waals surface area contributed by atoms with Crippen LogP contribution in [0.2, 0.25) is 0 Å². The van der Waals surface area contributed by atoms with Crippen molar-refractivity contribution in [3.05, 3.63) is 47.3 Å². The van der Waals surface area contributed by atoms with Crippen LogP contribution in [0.1, 0.15) is 40.9 Å². The fourth-order valence-electron chi connectivity index (χ4n) is 3.76. The van der Waals surface area contributed by atoms with Crippen LogP contribution in [0.4, 0.5) is 13.2 Å². The van der Waals surface area contributed by atoms with E-state index < -0.39 is 23.3 Å². The van der Waals surface area contributed by atoms with Gasteiger partial charge in [0.05, 0.1) is 23.4 Å². The van der Waals surface area contributed by atoms with Gasteiger partial charge < -0.3 is 16.0 Å². The summed E-state index contributed by atoms with van der Waals surface area (Å²) in [6.45, 7) is 4.07. The van der Waals surface area contributed by atoms with Crippen molar-refractivity contribution in [1.82, 2.24) is 20.0 Å². The number of carbonyl (C=O) groups excluding carboxylic acids is 2. The number of aromatic nitrogens is 2. The van der Waals surface area contributed by atoms with Gasteiger partial charge in [0.1, 0.15) is 0 Å². The molecule has 0 aliphatic carbocycles. The second-order valence-corrected chi connectivity index (χ2v) is 7.80. The fourth-order valence-corrected chi connectivity index (χ4v) is 3.76. The van der Waals surface area contributed by atoms with Crippen molar-refractivity contribution < 1.29 is 22.8 Å². The third kappa shape index (κ3) is 5.63. The SMILES string of the molecule is Cc1ccc(-n2ncc(C(=O)NCCCN3CCCC(C(N)=O)C3)c2C(F)(F)F)cc1. The van der Waals surface area contributed by atoms with Gasteiger partial charge in [-0.1, -0.05) is 17.7 Å². The summed E-state index contributed by atoms with van der Waals surface area (Å²) in [7, 11) is 0. The molecule has 0 bridgehead atoms. The number of primary amides is 1. The summed E-state index contributed by atoms with van der Waals surface area (Å²) in [6, 6.07) is 6.41. The number of nitrogens with two attached hydrogens (primary N) is 1. The highest BCUT2D eigenvalue weighted by molar-refractivity contribution is 5.95. The molecular weight excluding hydrogens is 411 g/mol. The number of likely N-dealkylation sites (tertiary alicyclic amines) is 1. The van der Waals surface area contributed by atoms with Gasteiger partial charge in [-0.3, -0.25) is 9.59 Å². The van der Waals surface area contributed by atoms with Gasteiger partial charge in [-0.05, 0) is 51.4 Å². The minimum absolute atomic E-state index is 0.176. The van der Waals surface area contributed by atoms with Gasteiger partial charge in [0, 0.05) is 13.1 Å². The van der Waals surface area contributed by atoms with Crippen molar-refractivity contribution in [3.8, 4) is 5.69 Å². The number of rotatable bonds is 7. The van der Waals surface area contributed by atoms with E-state index in [0.29, 0.717) is 19.5 Å². The largest absolute Gasteiger partial charge is 0.434 e. The van der Waals surface area contributed by atoms with E-state index in [1.807, 2.05) is 6.92 Å². The van der Waals surface area contributed by atoms with E-state index in [1.165, 1.54) is 12.1 Å². The number of amides is 2. The Hall–Kier alpha value is -2.88. The summed E-state index contributed by atoms with van der Waals surface area (Å²) in [5.41, 5.74) is 4.88. The fraction of sp³-hybridized carbons (Fsp3) is 0.476. The van der Waals surface area contributed by atoms with Gasteiger partial charge >= 0.3 is 6.18 Å². The summed E-state index contributed by atoms with van der Waals surface area (Å²) in [4.78, 5) is 25.9. The van der Waals surface area contributed by atoms with E-state index in [-0.39, 0.29) is 24.1 Å². The highest BCUT2D eigenvalue weighted by Gasteiger charge is 2.40. The van der Waals surface area contributed by atoms with Crippen molar-refractivity contribution in [2.45, 2.75) is 32.4 Å². The van der Waals surface area contributed by atoms with Gasteiger partial charge in [0.25, 0.3) is 5.91 Å². The summed E-state index contributed by atoms with van der Waals surface area (Å²) in [6.07, 6.45) is -1.61. The molecule has 31 heavy (non-hydrogen) atoms. The predicted molar refractivity (Wildman–Crippen MR) is 109 cm³/mol. The molecule has 3 rings (SSSR count). The maximum absolute atomic E-state index is 13.7. The molecule has 0 spiro atoms. The molecule has 1 atom stereocenters. The molecule has 2 heterocycles. The number of halogens is 3. The summed E-state index contributed by atoms with van der Waals surface area (Å²) < 4.78 is 41.9. The molecule has 0 saturated carbocycles. The lowest BCUT2D eigenvalue weighted by Crippen LogP contribution is -2.42. The van der Waals surface area contributed by atoms with Crippen molar-refractivity contribution in [1.29, 1.82) is 0 Å².